The summed E-state index contributed by atoms with van der Waals surface area (Å²) in [5.74, 6) is -0.382. The van der Waals surface area contributed by atoms with E-state index in [4.69, 9.17) is 4.74 Å². The van der Waals surface area contributed by atoms with Crippen LogP contribution in [0.15, 0.2) is 41.3 Å². The number of benzene rings is 1. The Morgan fingerprint density at radius 1 is 1.33 bits per heavy atom. The fourth-order valence-electron chi connectivity index (χ4n) is 3.80. The number of pyridine rings is 1. The molecular weight excluding hydrogens is 342 g/mol. The topological polar surface area (TPSA) is 76.1 Å². The van der Waals surface area contributed by atoms with Crippen molar-refractivity contribution >= 4 is 22.5 Å². The number of hydrogen-bond donors (Lipinski definition) is 2. The second-order valence-corrected chi connectivity index (χ2v) is 7.09. The minimum absolute atomic E-state index is 0.0358. The highest BCUT2D eigenvalue weighted by Crippen LogP contribution is 2.23. The second-order valence-electron chi connectivity index (χ2n) is 7.09. The molecule has 3 aromatic rings. The molecule has 0 unspecified atom stereocenters. The quantitative estimate of drug-likeness (QED) is 0.744. The van der Waals surface area contributed by atoms with Crippen LogP contribution < -0.4 is 10.9 Å². The van der Waals surface area contributed by atoms with Crippen molar-refractivity contribution in [1.82, 2.24) is 9.55 Å². The molecule has 1 aromatic carbocycles. The van der Waals surface area contributed by atoms with Crippen LogP contribution in [0.5, 0.6) is 0 Å². The maximum Gasteiger partial charge on any atom is 0.263 e. The van der Waals surface area contributed by atoms with Crippen LogP contribution in [0.3, 0.4) is 0 Å². The van der Waals surface area contributed by atoms with Crippen molar-refractivity contribution < 1.29 is 9.53 Å². The molecule has 0 saturated carbocycles. The van der Waals surface area contributed by atoms with Gasteiger partial charge in [0.25, 0.3) is 11.5 Å². The van der Waals surface area contributed by atoms with E-state index in [2.05, 4.69) is 10.3 Å². The highest BCUT2D eigenvalue weighted by atomic mass is 16.5. The van der Waals surface area contributed by atoms with E-state index in [1.807, 2.05) is 43.5 Å². The normalized spacial score (nSPS) is 16.7. The van der Waals surface area contributed by atoms with Gasteiger partial charge >= 0.3 is 0 Å². The zero-order valence-corrected chi connectivity index (χ0v) is 15.5. The number of amides is 1. The fraction of sp³-hybridized carbons (Fsp3) is 0.333. The van der Waals surface area contributed by atoms with Gasteiger partial charge in [0.1, 0.15) is 5.56 Å². The molecule has 140 valence electrons. The summed E-state index contributed by atoms with van der Waals surface area (Å²) in [5.41, 5.74) is 3.07. The van der Waals surface area contributed by atoms with Crippen molar-refractivity contribution in [3.8, 4) is 0 Å². The maximum atomic E-state index is 13.1. The first-order valence-corrected chi connectivity index (χ1v) is 9.24. The number of carbonyl (C=O) groups excluding carboxylic acids is 1. The Balaban J connectivity index is 1.69. The summed E-state index contributed by atoms with van der Waals surface area (Å²) in [6.45, 7) is 4.92. The lowest BCUT2D eigenvalue weighted by Crippen LogP contribution is -2.34. The predicted molar refractivity (Wildman–Crippen MR) is 105 cm³/mol. The van der Waals surface area contributed by atoms with E-state index in [1.165, 1.54) is 0 Å². The van der Waals surface area contributed by atoms with Crippen molar-refractivity contribution in [2.45, 2.75) is 39.3 Å². The van der Waals surface area contributed by atoms with Crippen LogP contribution in [0.25, 0.3) is 10.9 Å². The first-order valence-electron chi connectivity index (χ1n) is 9.24. The summed E-state index contributed by atoms with van der Waals surface area (Å²) in [5, 5.41) is 3.82. The van der Waals surface area contributed by atoms with Crippen LogP contribution in [0.4, 0.5) is 5.69 Å². The zero-order valence-electron chi connectivity index (χ0n) is 15.5. The van der Waals surface area contributed by atoms with Crippen molar-refractivity contribution in [3.05, 3.63) is 63.7 Å². The molecule has 1 fully saturated rings. The number of rotatable bonds is 4. The SMILES string of the molecule is Cc1cc(C)n(C[C@H]2CCCO2)c(=O)c1C(=O)Nc1cccc2[nH]ccc12. The average Bonchev–Trinajstić information content (AvgIpc) is 3.30. The number of nitrogens with one attached hydrogen (secondary N) is 2. The lowest BCUT2D eigenvalue weighted by Gasteiger charge is -2.17. The van der Waals surface area contributed by atoms with Gasteiger partial charge in [0, 0.05) is 29.4 Å². The highest BCUT2D eigenvalue weighted by Gasteiger charge is 2.22. The monoisotopic (exact) mass is 365 g/mol. The van der Waals surface area contributed by atoms with E-state index in [9.17, 15) is 9.59 Å². The number of aromatic amines is 1. The van der Waals surface area contributed by atoms with E-state index < -0.39 is 0 Å². The smallest absolute Gasteiger partial charge is 0.263 e. The number of H-pyrrole nitrogens is 1. The van der Waals surface area contributed by atoms with Gasteiger partial charge < -0.3 is 19.6 Å². The number of nitrogens with zero attached hydrogens (tertiary/aromatic N) is 1. The molecule has 1 amide bonds. The second kappa shape index (κ2) is 7.04. The van der Waals surface area contributed by atoms with Crippen molar-refractivity contribution in [3.63, 3.8) is 0 Å². The van der Waals surface area contributed by atoms with Gasteiger partial charge in [-0.3, -0.25) is 9.59 Å². The summed E-state index contributed by atoms with van der Waals surface area (Å²) in [6, 6.07) is 9.44. The van der Waals surface area contributed by atoms with E-state index in [-0.39, 0.29) is 23.1 Å². The van der Waals surface area contributed by atoms with Gasteiger partial charge in [-0.05, 0) is 56.5 Å². The predicted octanol–water partition coefficient (Wildman–Crippen LogP) is 3.38. The van der Waals surface area contributed by atoms with Crippen LogP contribution in [0, 0.1) is 13.8 Å². The average molecular weight is 365 g/mol. The molecule has 1 aliphatic heterocycles. The highest BCUT2D eigenvalue weighted by molar-refractivity contribution is 6.09. The van der Waals surface area contributed by atoms with Crippen LogP contribution >= 0.6 is 0 Å². The Morgan fingerprint density at radius 2 is 2.19 bits per heavy atom. The lowest BCUT2D eigenvalue weighted by atomic mass is 10.1. The molecule has 2 N–H and O–H groups in total. The molecule has 6 nitrogen and oxygen atoms in total. The molecule has 0 radical (unpaired) electrons. The molecule has 1 saturated heterocycles. The van der Waals surface area contributed by atoms with Crippen LogP contribution in [0.2, 0.25) is 0 Å². The number of aromatic nitrogens is 2. The Bertz CT molecular complexity index is 1060. The van der Waals surface area contributed by atoms with Crippen LogP contribution in [-0.2, 0) is 11.3 Å². The molecule has 3 heterocycles. The summed E-state index contributed by atoms with van der Waals surface area (Å²) in [6.07, 6.45) is 3.81. The number of ether oxygens (including phenoxy) is 1. The third kappa shape index (κ3) is 3.28. The Morgan fingerprint density at radius 3 is 2.96 bits per heavy atom. The third-order valence-electron chi connectivity index (χ3n) is 5.18. The van der Waals surface area contributed by atoms with Gasteiger partial charge in [-0.25, -0.2) is 0 Å². The molecule has 1 atom stereocenters. The largest absolute Gasteiger partial charge is 0.376 e. The first kappa shape index (κ1) is 17.5. The van der Waals surface area contributed by atoms with Gasteiger partial charge in [-0.2, -0.15) is 0 Å². The van der Waals surface area contributed by atoms with E-state index in [1.54, 1.807) is 11.5 Å². The molecule has 1 aliphatic rings. The zero-order chi connectivity index (χ0) is 19.0. The molecule has 0 spiro atoms. The minimum Gasteiger partial charge on any atom is -0.376 e. The van der Waals surface area contributed by atoms with Crippen molar-refractivity contribution in [2.75, 3.05) is 11.9 Å². The molecule has 2 aromatic heterocycles. The molecule has 0 aliphatic carbocycles. The fourth-order valence-corrected chi connectivity index (χ4v) is 3.80. The summed E-state index contributed by atoms with van der Waals surface area (Å²) in [4.78, 5) is 29.2. The number of hydrogen-bond acceptors (Lipinski definition) is 3. The van der Waals surface area contributed by atoms with E-state index >= 15 is 0 Å². The Hall–Kier alpha value is -2.86. The van der Waals surface area contributed by atoms with Gasteiger partial charge in [0.2, 0.25) is 0 Å². The summed E-state index contributed by atoms with van der Waals surface area (Å²) >= 11 is 0. The first-order chi connectivity index (χ1) is 13.0. The van der Waals surface area contributed by atoms with Crippen LogP contribution in [-0.4, -0.2) is 28.2 Å². The molecular formula is C21H23N3O3. The lowest BCUT2D eigenvalue weighted by molar-refractivity contribution is 0.0947. The van der Waals surface area contributed by atoms with E-state index in [0.717, 1.165) is 36.0 Å². The summed E-state index contributed by atoms with van der Waals surface area (Å²) in [7, 11) is 0. The number of carbonyl (C=O) groups is 1. The van der Waals surface area contributed by atoms with E-state index in [0.29, 0.717) is 17.8 Å². The van der Waals surface area contributed by atoms with Gasteiger partial charge in [0.05, 0.1) is 18.3 Å². The number of aryl methyl sites for hydroxylation is 2. The van der Waals surface area contributed by atoms with Crippen LogP contribution in [0.1, 0.15) is 34.5 Å². The number of anilines is 1. The van der Waals surface area contributed by atoms with Crippen molar-refractivity contribution in [2.24, 2.45) is 0 Å². The standard InChI is InChI=1S/C21H23N3O3/c1-13-11-14(2)24(12-15-5-4-10-27-15)21(26)19(13)20(25)23-18-7-3-6-17-16(18)8-9-22-17/h3,6-9,11,15,22H,4-5,10,12H2,1-2H3,(H,23,25)/t15-/m1/s1. The van der Waals surface area contributed by atoms with Crippen molar-refractivity contribution in [1.29, 1.82) is 0 Å². The van der Waals surface area contributed by atoms with Gasteiger partial charge in [-0.15, -0.1) is 0 Å². The molecule has 0 bridgehead atoms. The maximum absolute atomic E-state index is 13.1. The summed E-state index contributed by atoms with van der Waals surface area (Å²) < 4.78 is 7.33. The minimum atomic E-state index is -0.382. The van der Waals surface area contributed by atoms with Gasteiger partial charge in [-0.1, -0.05) is 6.07 Å². The molecule has 4 rings (SSSR count). The number of fused-ring (bicyclic) bond motifs is 1. The van der Waals surface area contributed by atoms with Gasteiger partial charge in [0.15, 0.2) is 0 Å². The Labute approximate surface area is 157 Å². The molecule has 6 heteroatoms. The third-order valence-corrected chi connectivity index (χ3v) is 5.18. The Kier molecular flexibility index (Phi) is 4.58. The molecule has 27 heavy (non-hydrogen) atoms.